The number of piperidine rings is 1. The number of ether oxygens (including phenoxy) is 1. The smallest absolute Gasteiger partial charge is 0.191 e. The van der Waals surface area contributed by atoms with Gasteiger partial charge in [0.1, 0.15) is 0 Å². The van der Waals surface area contributed by atoms with Crippen molar-refractivity contribution in [2.75, 3.05) is 46.9 Å². The molecular formula is C21H34ClIN4O. The summed E-state index contributed by atoms with van der Waals surface area (Å²) in [6.07, 6.45) is 5.09. The average molecular weight is 521 g/mol. The minimum Gasteiger partial charge on any atom is -0.379 e. The molecule has 2 unspecified atom stereocenters. The average Bonchev–Trinajstić information content (AvgIpc) is 3.48. The van der Waals surface area contributed by atoms with E-state index < -0.39 is 0 Å². The molecule has 2 N–H and O–H groups in total. The molecule has 158 valence electrons. The molecule has 1 heterocycles. The quantitative estimate of drug-likeness (QED) is 0.236. The summed E-state index contributed by atoms with van der Waals surface area (Å²) < 4.78 is 5.68. The standard InChI is InChI=1S/C21H33ClN4O.HI/c1-23-21(24-10-12-27-15-16-8-9-16)25-14-18-6-4-11-26(2)20(18)17-5-3-7-19(22)13-17;/h3,5,7,13,16,18,20H,4,6,8-12,14-15H2,1-2H3,(H2,23,24,25);1H. The summed E-state index contributed by atoms with van der Waals surface area (Å²) >= 11 is 6.24. The molecule has 0 amide bonds. The lowest BCUT2D eigenvalue weighted by molar-refractivity contribution is 0.122. The summed E-state index contributed by atoms with van der Waals surface area (Å²) in [6, 6.07) is 8.66. The van der Waals surface area contributed by atoms with Crippen LogP contribution in [0.25, 0.3) is 0 Å². The number of rotatable bonds is 8. The molecule has 3 rings (SSSR count). The maximum Gasteiger partial charge on any atom is 0.191 e. The van der Waals surface area contributed by atoms with Gasteiger partial charge >= 0.3 is 0 Å². The normalized spacial score (nSPS) is 23.2. The van der Waals surface area contributed by atoms with E-state index in [-0.39, 0.29) is 24.0 Å². The number of hydrogen-bond acceptors (Lipinski definition) is 3. The highest BCUT2D eigenvalue weighted by molar-refractivity contribution is 14.0. The van der Waals surface area contributed by atoms with Gasteiger partial charge in [-0.3, -0.25) is 9.89 Å². The van der Waals surface area contributed by atoms with Crippen LogP contribution in [0.3, 0.4) is 0 Å². The Hall–Kier alpha value is -0.570. The third-order valence-corrected chi connectivity index (χ3v) is 5.78. The number of aliphatic imine (C=N–C) groups is 1. The van der Waals surface area contributed by atoms with Crippen molar-refractivity contribution >= 4 is 41.5 Å². The molecule has 28 heavy (non-hydrogen) atoms. The SMILES string of the molecule is CN=C(NCCOCC1CC1)NCC1CCCN(C)C1c1cccc(Cl)c1.I. The molecule has 0 aromatic heterocycles. The van der Waals surface area contributed by atoms with Crippen molar-refractivity contribution in [1.82, 2.24) is 15.5 Å². The van der Waals surface area contributed by atoms with Crippen LogP contribution in [0.15, 0.2) is 29.3 Å². The van der Waals surface area contributed by atoms with E-state index in [4.69, 9.17) is 16.3 Å². The minimum atomic E-state index is 0. The number of nitrogens with zero attached hydrogens (tertiary/aromatic N) is 2. The third kappa shape index (κ3) is 7.35. The Bertz CT molecular complexity index is 626. The maximum atomic E-state index is 6.24. The van der Waals surface area contributed by atoms with Gasteiger partial charge in [0.25, 0.3) is 0 Å². The first-order valence-corrected chi connectivity index (χ1v) is 10.5. The van der Waals surface area contributed by atoms with E-state index in [1.165, 1.54) is 31.2 Å². The van der Waals surface area contributed by atoms with Gasteiger partial charge in [-0.25, -0.2) is 0 Å². The fraction of sp³-hybridized carbons (Fsp3) is 0.667. The Labute approximate surface area is 191 Å². The van der Waals surface area contributed by atoms with Crippen molar-refractivity contribution in [3.63, 3.8) is 0 Å². The van der Waals surface area contributed by atoms with E-state index in [9.17, 15) is 0 Å². The lowest BCUT2D eigenvalue weighted by Gasteiger charge is -2.40. The molecule has 2 aliphatic rings. The third-order valence-electron chi connectivity index (χ3n) is 5.54. The van der Waals surface area contributed by atoms with Gasteiger partial charge in [-0.15, -0.1) is 24.0 Å². The number of halogens is 2. The fourth-order valence-electron chi connectivity index (χ4n) is 3.92. The number of benzene rings is 1. The van der Waals surface area contributed by atoms with Gasteiger partial charge in [0.05, 0.1) is 6.61 Å². The molecule has 1 aromatic rings. The van der Waals surface area contributed by atoms with E-state index in [0.717, 1.165) is 49.7 Å². The zero-order valence-corrected chi connectivity index (χ0v) is 20.1. The Balaban J connectivity index is 0.00000280. The predicted molar refractivity (Wildman–Crippen MR) is 128 cm³/mol. The molecule has 2 atom stereocenters. The Morgan fingerprint density at radius 2 is 2.11 bits per heavy atom. The first kappa shape index (κ1) is 23.7. The first-order chi connectivity index (χ1) is 13.2. The lowest BCUT2D eigenvalue weighted by Crippen LogP contribution is -2.45. The van der Waals surface area contributed by atoms with Crippen LogP contribution in [0.4, 0.5) is 0 Å². The number of likely N-dealkylation sites (tertiary alicyclic amines) is 1. The summed E-state index contributed by atoms with van der Waals surface area (Å²) in [6.45, 7) is 4.44. The summed E-state index contributed by atoms with van der Waals surface area (Å²) in [5.41, 5.74) is 1.30. The molecule has 1 aromatic carbocycles. The highest BCUT2D eigenvalue weighted by Crippen LogP contribution is 2.35. The minimum absolute atomic E-state index is 0. The predicted octanol–water partition coefficient (Wildman–Crippen LogP) is 3.93. The van der Waals surface area contributed by atoms with E-state index in [1.807, 2.05) is 19.2 Å². The second-order valence-electron chi connectivity index (χ2n) is 7.78. The van der Waals surface area contributed by atoms with Gasteiger partial charge in [0.15, 0.2) is 5.96 Å². The molecule has 0 bridgehead atoms. The van der Waals surface area contributed by atoms with Gasteiger partial charge in [-0.05, 0) is 68.8 Å². The summed E-state index contributed by atoms with van der Waals surface area (Å²) in [7, 11) is 4.03. The Morgan fingerprint density at radius 3 is 2.82 bits per heavy atom. The van der Waals surface area contributed by atoms with Crippen LogP contribution in [0.2, 0.25) is 5.02 Å². The number of nitrogens with one attached hydrogen (secondary N) is 2. The van der Waals surface area contributed by atoms with E-state index in [1.54, 1.807) is 0 Å². The molecule has 1 aliphatic carbocycles. The first-order valence-electron chi connectivity index (χ1n) is 10.2. The molecular weight excluding hydrogens is 487 g/mol. The van der Waals surface area contributed by atoms with Crippen molar-refractivity contribution in [3.05, 3.63) is 34.9 Å². The van der Waals surface area contributed by atoms with Crippen LogP contribution in [0, 0.1) is 11.8 Å². The number of hydrogen-bond donors (Lipinski definition) is 2. The molecule has 5 nitrogen and oxygen atoms in total. The van der Waals surface area contributed by atoms with Crippen molar-refractivity contribution in [2.24, 2.45) is 16.8 Å². The zero-order chi connectivity index (χ0) is 19.1. The molecule has 7 heteroatoms. The van der Waals surface area contributed by atoms with E-state index in [2.05, 4.69) is 39.7 Å². The van der Waals surface area contributed by atoms with Crippen LogP contribution in [-0.2, 0) is 4.74 Å². The second-order valence-corrected chi connectivity index (χ2v) is 8.22. The molecule has 0 radical (unpaired) electrons. The zero-order valence-electron chi connectivity index (χ0n) is 17.0. The lowest BCUT2D eigenvalue weighted by atomic mass is 9.85. The highest BCUT2D eigenvalue weighted by Gasteiger charge is 2.30. The number of guanidine groups is 1. The van der Waals surface area contributed by atoms with Crippen LogP contribution in [0.5, 0.6) is 0 Å². The summed E-state index contributed by atoms with van der Waals surface area (Å²) in [4.78, 5) is 6.80. The molecule has 1 saturated carbocycles. The van der Waals surface area contributed by atoms with E-state index in [0.29, 0.717) is 12.0 Å². The summed E-state index contributed by atoms with van der Waals surface area (Å²) in [5, 5.41) is 7.67. The monoisotopic (exact) mass is 520 g/mol. The van der Waals surface area contributed by atoms with Crippen molar-refractivity contribution in [2.45, 2.75) is 31.7 Å². The van der Waals surface area contributed by atoms with Crippen LogP contribution >= 0.6 is 35.6 Å². The van der Waals surface area contributed by atoms with Gasteiger partial charge in [-0.2, -0.15) is 0 Å². The fourth-order valence-corrected chi connectivity index (χ4v) is 4.11. The Kier molecular flexibility index (Phi) is 10.3. The molecule has 0 spiro atoms. The van der Waals surface area contributed by atoms with Gasteiger partial charge in [-0.1, -0.05) is 23.7 Å². The molecule has 1 aliphatic heterocycles. The second kappa shape index (κ2) is 12.2. The maximum absolute atomic E-state index is 6.24. The summed E-state index contributed by atoms with van der Waals surface area (Å²) in [5.74, 6) is 2.18. The molecule has 1 saturated heterocycles. The van der Waals surface area contributed by atoms with Crippen LogP contribution < -0.4 is 10.6 Å². The van der Waals surface area contributed by atoms with Crippen molar-refractivity contribution in [3.8, 4) is 0 Å². The van der Waals surface area contributed by atoms with Gasteiger partial charge in [0, 0.05) is 37.8 Å². The van der Waals surface area contributed by atoms with Gasteiger partial charge < -0.3 is 15.4 Å². The van der Waals surface area contributed by atoms with Crippen molar-refractivity contribution in [1.29, 1.82) is 0 Å². The van der Waals surface area contributed by atoms with Crippen molar-refractivity contribution < 1.29 is 4.74 Å². The van der Waals surface area contributed by atoms with Crippen LogP contribution in [0.1, 0.15) is 37.3 Å². The molecule has 2 fully saturated rings. The Morgan fingerprint density at radius 1 is 1.29 bits per heavy atom. The van der Waals surface area contributed by atoms with Crippen LogP contribution in [-0.4, -0.2) is 57.8 Å². The largest absolute Gasteiger partial charge is 0.379 e. The van der Waals surface area contributed by atoms with Gasteiger partial charge in [0.2, 0.25) is 0 Å². The highest BCUT2D eigenvalue weighted by atomic mass is 127. The topological polar surface area (TPSA) is 48.9 Å². The van der Waals surface area contributed by atoms with E-state index >= 15 is 0 Å².